The van der Waals surface area contributed by atoms with Gasteiger partial charge < -0.3 is 39.4 Å². The second-order valence-electron chi connectivity index (χ2n) is 8.50. The molecule has 0 spiro atoms. The van der Waals surface area contributed by atoms with Crippen molar-refractivity contribution in [3.8, 4) is 0 Å². The first kappa shape index (κ1) is 27.7. The van der Waals surface area contributed by atoms with E-state index in [0.717, 1.165) is 12.1 Å². The average Bonchev–Trinajstić information content (AvgIpc) is 3.34. The molecule has 0 radical (unpaired) electrons. The third-order valence-corrected chi connectivity index (χ3v) is 6.48. The molecule has 1 aliphatic heterocycles. The number of fused-ring (bicyclic) bond motifs is 1. The van der Waals surface area contributed by atoms with Crippen LogP contribution in [0.4, 0.5) is 19.0 Å². The normalized spacial score (nSPS) is 23.5. The third-order valence-electron chi connectivity index (χ3n) is 5.79. The van der Waals surface area contributed by atoms with E-state index >= 15 is 0 Å². The molecule has 1 saturated heterocycles. The Hall–Kier alpha value is -2.29. The van der Waals surface area contributed by atoms with Crippen molar-refractivity contribution in [1.29, 1.82) is 0 Å². The highest BCUT2D eigenvalue weighted by atomic mass is 35.5. The van der Waals surface area contributed by atoms with Crippen LogP contribution in [0.1, 0.15) is 30.3 Å². The van der Waals surface area contributed by atoms with E-state index in [1.165, 1.54) is 22.9 Å². The number of benzene rings is 1. The molecule has 3 heterocycles. The number of nitrogens with one attached hydrogen (secondary N) is 1. The van der Waals surface area contributed by atoms with Crippen LogP contribution < -0.4 is 5.32 Å². The van der Waals surface area contributed by atoms with Gasteiger partial charge in [-0.2, -0.15) is 18.2 Å². The fraction of sp³-hybridized carbons (Fsp3) is 0.429. The maximum Gasteiger partial charge on any atom is 0.416 e. The van der Waals surface area contributed by atoms with Gasteiger partial charge in [0.15, 0.2) is 6.23 Å². The van der Waals surface area contributed by atoms with Crippen LogP contribution >= 0.6 is 19.2 Å². The molecule has 5 atom stereocenters. The zero-order valence-corrected chi connectivity index (χ0v) is 20.7. The Morgan fingerprint density at radius 2 is 1.86 bits per heavy atom. The predicted molar refractivity (Wildman–Crippen MR) is 125 cm³/mol. The van der Waals surface area contributed by atoms with Crippen LogP contribution in [0.15, 0.2) is 36.5 Å². The smallest absolute Gasteiger partial charge is 0.387 e. The Kier molecular flexibility index (Phi) is 7.84. The van der Waals surface area contributed by atoms with Crippen LogP contribution in [-0.2, 0) is 20.2 Å². The molecule has 0 bridgehead atoms. The second kappa shape index (κ2) is 10.5. The summed E-state index contributed by atoms with van der Waals surface area (Å²) in [6.45, 7) is 1.34. The molecule has 11 nitrogen and oxygen atoms in total. The van der Waals surface area contributed by atoms with E-state index in [-0.39, 0.29) is 23.4 Å². The molecule has 1 fully saturated rings. The Morgan fingerprint density at radius 3 is 2.49 bits per heavy atom. The quantitative estimate of drug-likeness (QED) is 0.203. The average molecular weight is 567 g/mol. The lowest BCUT2D eigenvalue weighted by molar-refractivity contribution is -0.137. The van der Waals surface area contributed by atoms with E-state index in [1.807, 2.05) is 0 Å². The van der Waals surface area contributed by atoms with E-state index < -0.39 is 56.3 Å². The van der Waals surface area contributed by atoms with E-state index in [1.54, 1.807) is 13.0 Å². The number of anilines is 1. The molecule has 1 aliphatic rings. The number of hydrogen-bond donors (Lipinski definition) is 5. The van der Waals surface area contributed by atoms with Crippen LogP contribution in [0.5, 0.6) is 0 Å². The summed E-state index contributed by atoms with van der Waals surface area (Å²) in [7, 11) is -4.42. The highest BCUT2D eigenvalue weighted by Gasteiger charge is 2.44. The van der Waals surface area contributed by atoms with Gasteiger partial charge in [-0.05, 0) is 42.3 Å². The molecule has 1 unspecified atom stereocenters. The lowest BCUT2D eigenvalue weighted by atomic mass is 10.1. The van der Waals surface area contributed by atoms with E-state index in [2.05, 4.69) is 15.3 Å². The first-order chi connectivity index (χ1) is 17.2. The van der Waals surface area contributed by atoms with Gasteiger partial charge >= 0.3 is 13.8 Å². The number of alkyl halides is 3. The SMILES string of the molecule is CC(Nc1nc(Cl)nc2c1ccn2[C@@H]1O[C@H](COCP(=O)(O)O)[C@@H](O)[C@H]1O)c1ccc(C(F)(F)F)cc1. The topological polar surface area (TPSA) is 159 Å². The fourth-order valence-corrected chi connectivity index (χ4v) is 4.46. The minimum absolute atomic E-state index is 0.163. The lowest BCUT2D eigenvalue weighted by Crippen LogP contribution is -2.33. The van der Waals surface area contributed by atoms with Gasteiger partial charge in [0.2, 0.25) is 5.28 Å². The van der Waals surface area contributed by atoms with Crippen LogP contribution in [0.25, 0.3) is 11.0 Å². The Bertz CT molecular complexity index is 1300. The van der Waals surface area contributed by atoms with Crippen molar-refractivity contribution in [3.05, 3.63) is 52.9 Å². The van der Waals surface area contributed by atoms with Crippen molar-refractivity contribution in [2.24, 2.45) is 0 Å². The Labute approximate surface area is 213 Å². The van der Waals surface area contributed by atoms with Crippen molar-refractivity contribution < 1.29 is 47.2 Å². The van der Waals surface area contributed by atoms with Gasteiger partial charge in [0.1, 0.15) is 36.1 Å². The summed E-state index contributed by atoms with van der Waals surface area (Å²) in [6, 6.07) is 5.81. The summed E-state index contributed by atoms with van der Waals surface area (Å²) in [5.41, 5.74) is 0.0250. The number of aliphatic hydroxyl groups excluding tert-OH is 2. The van der Waals surface area contributed by atoms with E-state index in [9.17, 15) is 27.9 Å². The number of nitrogens with zero attached hydrogens (tertiary/aromatic N) is 3. The van der Waals surface area contributed by atoms with Crippen molar-refractivity contribution in [1.82, 2.24) is 14.5 Å². The molecule has 16 heteroatoms. The van der Waals surface area contributed by atoms with Crippen LogP contribution in [0.3, 0.4) is 0 Å². The van der Waals surface area contributed by atoms with Crippen molar-refractivity contribution in [2.75, 3.05) is 18.3 Å². The molecule has 202 valence electrons. The molecule has 0 saturated carbocycles. The number of hydrogen-bond acceptors (Lipinski definition) is 8. The largest absolute Gasteiger partial charge is 0.416 e. The van der Waals surface area contributed by atoms with Gasteiger partial charge in [-0.25, -0.2) is 4.98 Å². The zero-order chi connectivity index (χ0) is 27.1. The third kappa shape index (κ3) is 6.24. The second-order valence-corrected chi connectivity index (χ2v) is 10.4. The molecule has 0 aliphatic carbocycles. The van der Waals surface area contributed by atoms with Crippen molar-refractivity contribution >= 4 is 36.0 Å². The molecular formula is C21H23ClF3N4O7P. The predicted octanol–water partition coefficient (Wildman–Crippen LogP) is 3.05. The molecular weight excluding hydrogens is 544 g/mol. The molecule has 2 aromatic heterocycles. The number of aromatic nitrogens is 3. The van der Waals surface area contributed by atoms with E-state index in [4.69, 9.17) is 30.9 Å². The van der Waals surface area contributed by atoms with Gasteiger partial charge in [-0.1, -0.05) is 12.1 Å². The van der Waals surface area contributed by atoms with Gasteiger partial charge in [-0.3, -0.25) is 4.57 Å². The summed E-state index contributed by atoms with van der Waals surface area (Å²) < 4.78 is 61.6. The summed E-state index contributed by atoms with van der Waals surface area (Å²) in [5, 5.41) is 24.3. The lowest BCUT2D eigenvalue weighted by Gasteiger charge is -2.19. The van der Waals surface area contributed by atoms with E-state index in [0.29, 0.717) is 10.9 Å². The molecule has 1 aromatic carbocycles. The van der Waals surface area contributed by atoms with Crippen LogP contribution in [0.2, 0.25) is 5.28 Å². The van der Waals surface area contributed by atoms with Gasteiger partial charge in [0.05, 0.1) is 17.6 Å². The summed E-state index contributed by atoms with van der Waals surface area (Å²) in [6.07, 6.45) is -8.88. The fourth-order valence-electron chi connectivity index (χ4n) is 3.96. The zero-order valence-electron chi connectivity index (χ0n) is 19.1. The molecule has 0 amide bonds. The highest BCUT2D eigenvalue weighted by Crippen LogP contribution is 2.37. The standard InChI is InChI=1S/C21H23ClF3N4O7P/c1-10(11-2-4-12(5-3-11)21(23,24)25)26-17-13-6-7-29(18(13)28-20(22)27-17)19-16(31)15(30)14(36-19)8-35-9-37(32,33)34/h2-7,10,14-16,19,30-31H,8-9H2,1H3,(H,26,27,28)(H2,32,33,34)/t10?,14-,15-,16-,19-/m1/s1. The van der Waals surface area contributed by atoms with Gasteiger partial charge in [0.25, 0.3) is 0 Å². The minimum atomic E-state index is -4.45. The van der Waals surface area contributed by atoms with Crippen LogP contribution in [-0.4, -0.2) is 65.8 Å². The summed E-state index contributed by atoms with van der Waals surface area (Å²) in [4.78, 5) is 26.2. The Morgan fingerprint density at radius 1 is 1.19 bits per heavy atom. The summed E-state index contributed by atoms with van der Waals surface area (Å²) in [5.74, 6) is 0.274. The maximum atomic E-state index is 12.9. The first-order valence-electron chi connectivity index (χ1n) is 10.9. The number of halogens is 4. The van der Waals surface area contributed by atoms with Crippen molar-refractivity contribution in [2.45, 2.75) is 43.7 Å². The van der Waals surface area contributed by atoms with Gasteiger partial charge in [-0.15, -0.1) is 0 Å². The number of ether oxygens (including phenoxy) is 2. The molecule has 37 heavy (non-hydrogen) atoms. The van der Waals surface area contributed by atoms with Crippen LogP contribution in [0, 0.1) is 0 Å². The monoisotopic (exact) mass is 566 g/mol. The highest BCUT2D eigenvalue weighted by molar-refractivity contribution is 7.51. The molecule has 4 rings (SSSR count). The Balaban J connectivity index is 1.55. The maximum absolute atomic E-state index is 12.9. The first-order valence-corrected chi connectivity index (χ1v) is 13.0. The minimum Gasteiger partial charge on any atom is -0.387 e. The molecule has 5 N–H and O–H groups in total. The molecule has 3 aromatic rings. The van der Waals surface area contributed by atoms with Crippen molar-refractivity contribution in [3.63, 3.8) is 0 Å². The van der Waals surface area contributed by atoms with Gasteiger partial charge in [0, 0.05) is 12.2 Å². The number of aliphatic hydroxyl groups is 2. The summed E-state index contributed by atoms with van der Waals surface area (Å²) >= 11 is 6.12. The number of rotatable bonds is 8.